The fourth-order valence-electron chi connectivity index (χ4n) is 2.63. The molecule has 8 nitrogen and oxygen atoms in total. The van der Waals surface area contributed by atoms with Crippen LogP contribution in [0.25, 0.3) is 5.82 Å². The van der Waals surface area contributed by atoms with Crippen LogP contribution >= 0.6 is 0 Å². The van der Waals surface area contributed by atoms with Crippen LogP contribution in [0.4, 0.5) is 18.9 Å². The van der Waals surface area contributed by atoms with Gasteiger partial charge in [-0.25, -0.2) is 9.36 Å². The number of ether oxygens (including phenoxy) is 1. The first kappa shape index (κ1) is 20.1. The minimum absolute atomic E-state index is 0.183. The summed E-state index contributed by atoms with van der Waals surface area (Å²) in [6.45, 7) is 3.10. The second kappa shape index (κ2) is 7.78. The Morgan fingerprint density at radius 2 is 1.86 bits per heavy atom. The molecule has 0 aliphatic carbocycles. The van der Waals surface area contributed by atoms with Gasteiger partial charge in [0.25, 0.3) is 5.56 Å². The Morgan fingerprint density at radius 3 is 2.52 bits per heavy atom. The van der Waals surface area contributed by atoms with E-state index in [2.05, 4.69) is 20.3 Å². The summed E-state index contributed by atoms with van der Waals surface area (Å²) in [5.74, 6) is -0.989. The van der Waals surface area contributed by atoms with Crippen LogP contribution in [0.1, 0.15) is 11.4 Å². The van der Waals surface area contributed by atoms with Gasteiger partial charge >= 0.3 is 6.36 Å². The Hall–Kier alpha value is -3.63. The van der Waals surface area contributed by atoms with Gasteiger partial charge in [0.15, 0.2) is 11.6 Å². The number of alkyl halides is 3. The largest absolute Gasteiger partial charge is 0.573 e. The van der Waals surface area contributed by atoms with Gasteiger partial charge in [-0.1, -0.05) is 12.1 Å². The third-order valence-corrected chi connectivity index (χ3v) is 3.76. The number of benzene rings is 1. The molecule has 0 fully saturated rings. The lowest BCUT2D eigenvalue weighted by atomic mass is 10.3. The molecule has 11 heteroatoms. The van der Waals surface area contributed by atoms with E-state index in [9.17, 15) is 22.8 Å². The summed E-state index contributed by atoms with van der Waals surface area (Å²) in [4.78, 5) is 24.4. The molecule has 0 aliphatic heterocycles. The van der Waals surface area contributed by atoms with Crippen molar-refractivity contribution >= 4 is 11.6 Å². The molecule has 152 valence electrons. The Kier molecular flexibility index (Phi) is 5.39. The molecule has 3 aromatic rings. The number of rotatable bonds is 5. The van der Waals surface area contributed by atoms with E-state index >= 15 is 0 Å². The minimum atomic E-state index is -4.91. The van der Waals surface area contributed by atoms with Crippen molar-refractivity contribution in [1.29, 1.82) is 0 Å². The lowest BCUT2D eigenvalue weighted by Crippen LogP contribution is -2.30. The van der Waals surface area contributed by atoms with Crippen LogP contribution in [-0.2, 0) is 11.3 Å². The SMILES string of the molecule is Cc1cc(C)n(-c2ccc(=O)n(CC(=O)Nc3ccccc3OC(F)(F)F)n2)n1. The number of para-hydroxylation sites is 2. The molecule has 2 heterocycles. The summed E-state index contributed by atoms with van der Waals surface area (Å²) in [7, 11) is 0. The van der Waals surface area contributed by atoms with Gasteiger partial charge in [0.1, 0.15) is 6.54 Å². The standard InChI is InChI=1S/C18H16F3N5O3/c1-11-9-12(2)26(23-11)15-7-8-17(28)25(24-15)10-16(27)22-13-5-3-4-6-14(13)29-18(19,20)21/h3-9H,10H2,1-2H3,(H,22,27). The summed E-state index contributed by atoms with van der Waals surface area (Å²) in [6, 6.07) is 9.60. The molecule has 1 aromatic carbocycles. The van der Waals surface area contributed by atoms with Gasteiger partial charge in [-0.2, -0.15) is 5.10 Å². The summed E-state index contributed by atoms with van der Waals surface area (Å²) in [5.41, 5.74) is 0.798. The van der Waals surface area contributed by atoms with Gasteiger partial charge < -0.3 is 10.1 Å². The van der Waals surface area contributed by atoms with Crippen molar-refractivity contribution < 1.29 is 22.7 Å². The molecule has 0 atom stereocenters. The van der Waals surface area contributed by atoms with Crippen molar-refractivity contribution in [2.45, 2.75) is 26.8 Å². The van der Waals surface area contributed by atoms with Gasteiger partial charge in [0.05, 0.1) is 11.4 Å². The second-order valence-corrected chi connectivity index (χ2v) is 6.12. The highest BCUT2D eigenvalue weighted by molar-refractivity contribution is 5.92. The van der Waals surface area contributed by atoms with Gasteiger partial charge in [0, 0.05) is 11.8 Å². The third kappa shape index (κ3) is 5.00. The van der Waals surface area contributed by atoms with E-state index in [1.807, 2.05) is 6.07 Å². The zero-order valence-electron chi connectivity index (χ0n) is 15.4. The number of hydrogen-bond donors (Lipinski definition) is 1. The molecule has 0 saturated heterocycles. The highest BCUT2D eigenvalue weighted by atomic mass is 19.4. The molecule has 0 bridgehead atoms. The first-order valence-electron chi connectivity index (χ1n) is 8.39. The van der Waals surface area contributed by atoms with E-state index < -0.39 is 30.1 Å². The molecule has 29 heavy (non-hydrogen) atoms. The van der Waals surface area contributed by atoms with Crippen LogP contribution in [-0.4, -0.2) is 31.8 Å². The maximum absolute atomic E-state index is 12.5. The number of carbonyl (C=O) groups is 1. The number of aryl methyl sites for hydroxylation is 2. The molecule has 0 radical (unpaired) electrons. The van der Waals surface area contributed by atoms with E-state index in [-0.39, 0.29) is 5.69 Å². The van der Waals surface area contributed by atoms with Crippen LogP contribution in [0.3, 0.4) is 0 Å². The van der Waals surface area contributed by atoms with Crippen LogP contribution in [0.5, 0.6) is 5.75 Å². The zero-order valence-corrected chi connectivity index (χ0v) is 15.4. The highest BCUT2D eigenvalue weighted by Crippen LogP contribution is 2.29. The first-order valence-corrected chi connectivity index (χ1v) is 8.39. The summed E-state index contributed by atoms with van der Waals surface area (Å²) in [5, 5.41) is 10.7. The van der Waals surface area contributed by atoms with Crippen molar-refractivity contribution in [3.63, 3.8) is 0 Å². The van der Waals surface area contributed by atoms with Crippen molar-refractivity contribution in [2.75, 3.05) is 5.32 Å². The number of hydrogen-bond acceptors (Lipinski definition) is 5. The van der Waals surface area contributed by atoms with Crippen molar-refractivity contribution in [1.82, 2.24) is 19.6 Å². The third-order valence-electron chi connectivity index (χ3n) is 3.76. The summed E-state index contributed by atoms with van der Waals surface area (Å²) >= 11 is 0. The molecule has 2 aromatic heterocycles. The quantitative estimate of drug-likeness (QED) is 0.702. The fraction of sp³-hybridized carbons (Fsp3) is 0.222. The first-order chi connectivity index (χ1) is 13.6. The fourth-order valence-corrected chi connectivity index (χ4v) is 2.63. The van der Waals surface area contributed by atoms with E-state index in [1.165, 1.54) is 35.0 Å². The predicted octanol–water partition coefficient (Wildman–Crippen LogP) is 2.58. The molecular weight excluding hydrogens is 391 g/mol. The zero-order chi connectivity index (χ0) is 21.2. The Morgan fingerprint density at radius 1 is 1.14 bits per heavy atom. The second-order valence-electron chi connectivity index (χ2n) is 6.12. The lowest BCUT2D eigenvalue weighted by molar-refractivity contribution is -0.274. The van der Waals surface area contributed by atoms with Gasteiger partial charge in [-0.15, -0.1) is 18.3 Å². The van der Waals surface area contributed by atoms with Gasteiger partial charge in [-0.05, 0) is 38.1 Å². The number of nitrogens with one attached hydrogen (secondary N) is 1. The molecule has 1 N–H and O–H groups in total. The molecule has 1 amide bonds. The molecule has 0 saturated carbocycles. The Bertz CT molecular complexity index is 1100. The smallest absolute Gasteiger partial charge is 0.404 e. The summed E-state index contributed by atoms with van der Waals surface area (Å²) < 4.78 is 43.8. The van der Waals surface area contributed by atoms with Crippen LogP contribution in [0.2, 0.25) is 0 Å². The number of aromatic nitrogens is 4. The normalized spacial score (nSPS) is 11.3. The van der Waals surface area contributed by atoms with Crippen LogP contribution < -0.4 is 15.6 Å². The van der Waals surface area contributed by atoms with Gasteiger partial charge in [-0.3, -0.25) is 9.59 Å². The molecule has 0 spiro atoms. The van der Waals surface area contributed by atoms with Crippen LogP contribution in [0.15, 0.2) is 47.3 Å². The monoisotopic (exact) mass is 407 g/mol. The predicted molar refractivity (Wildman–Crippen MR) is 96.8 cm³/mol. The van der Waals surface area contributed by atoms with E-state index in [0.717, 1.165) is 22.1 Å². The van der Waals surface area contributed by atoms with E-state index in [4.69, 9.17) is 0 Å². The Labute approximate surface area is 162 Å². The number of halogens is 3. The topological polar surface area (TPSA) is 91.0 Å². The van der Waals surface area contributed by atoms with Gasteiger partial charge in [0.2, 0.25) is 5.91 Å². The average molecular weight is 407 g/mol. The van der Waals surface area contributed by atoms with Crippen molar-refractivity contribution in [2.24, 2.45) is 0 Å². The summed E-state index contributed by atoms with van der Waals surface area (Å²) in [6.07, 6.45) is -4.91. The maximum atomic E-state index is 12.5. The lowest BCUT2D eigenvalue weighted by Gasteiger charge is -2.14. The minimum Gasteiger partial charge on any atom is -0.404 e. The number of anilines is 1. The number of carbonyl (C=O) groups excluding carboxylic acids is 1. The average Bonchev–Trinajstić information content (AvgIpc) is 2.95. The van der Waals surface area contributed by atoms with Crippen molar-refractivity contribution in [3.8, 4) is 11.6 Å². The van der Waals surface area contributed by atoms with E-state index in [1.54, 1.807) is 13.8 Å². The van der Waals surface area contributed by atoms with E-state index in [0.29, 0.717) is 5.82 Å². The number of amides is 1. The highest BCUT2D eigenvalue weighted by Gasteiger charge is 2.32. The maximum Gasteiger partial charge on any atom is 0.573 e. The molecule has 0 aliphatic rings. The molecule has 0 unspecified atom stereocenters. The Balaban J connectivity index is 1.81. The molecule has 3 rings (SSSR count). The number of nitrogens with zero attached hydrogens (tertiary/aromatic N) is 4. The van der Waals surface area contributed by atoms with Crippen LogP contribution in [0, 0.1) is 13.8 Å². The van der Waals surface area contributed by atoms with Crippen molar-refractivity contribution in [3.05, 3.63) is 64.2 Å². The molecular formula is C18H16F3N5O3.